The molecule has 0 spiro atoms. The van der Waals surface area contributed by atoms with Gasteiger partial charge < -0.3 is 9.52 Å². The van der Waals surface area contributed by atoms with E-state index in [-0.39, 0.29) is 0 Å². The first-order valence-corrected chi connectivity index (χ1v) is 5.03. The molecule has 1 aromatic carbocycles. The number of benzene rings is 1. The molecule has 0 fully saturated rings. The molecule has 3 heteroatoms. The Bertz CT molecular complexity index is 511. The van der Waals surface area contributed by atoms with Crippen LogP contribution in [0.15, 0.2) is 40.8 Å². The van der Waals surface area contributed by atoms with Crippen LogP contribution in [0.25, 0.3) is 0 Å². The number of rotatable bonds is 3. The maximum absolute atomic E-state index is 10.8. The fourth-order valence-electron chi connectivity index (χ4n) is 1.60. The van der Waals surface area contributed by atoms with Gasteiger partial charge in [-0.2, -0.15) is 0 Å². The first-order valence-electron chi connectivity index (χ1n) is 5.03. The topological polar surface area (TPSA) is 50.4 Å². The van der Waals surface area contributed by atoms with E-state index in [9.17, 15) is 4.79 Å². The molecule has 16 heavy (non-hydrogen) atoms. The van der Waals surface area contributed by atoms with Gasteiger partial charge in [0.2, 0.25) is 0 Å². The molecule has 1 heterocycles. The van der Waals surface area contributed by atoms with Crippen LogP contribution in [0.4, 0.5) is 0 Å². The van der Waals surface area contributed by atoms with Gasteiger partial charge in [-0.15, -0.1) is 0 Å². The molecule has 82 valence electrons. The molecule has 0 aliphatic carbocycles. The molecule has 3 nitrogen and oxygen atoms in total. The Morgan fingerprint density at radius 2 is 2.12 bits per heavy atom. The summed E-state index contributed by atoms with van der Waals surface area (Å²) >= 11 is 0. The summed E-state index contributed by atoms with van der Waals surface area (Å²) in [4.78, 5) is 10.8. The Morgan fingerprint density at radius 3 is 2.75 bits per heavy atom. The Labute approximate surface area is 93.3 Å². The summed E-state index contributed by atoms with van der Waals surface area (Å²) in [7, 11) is 0. The molecule has 1 N–H and O–H groups in total. The molecule has 2 rings (SSSR count). The molecule has 0 saturated heterocycles. The summed E-state index contributed by atoms with van der Waals surface area (Å²) in [6, 6.07) is 10.7. The lowest BCUT2D eigenvalue weighted by molar-refractivity contribution is 0.0696. The summed E-state index contributed by atoms with van der Waals surface area (Å²) in [5.74, 6) is 0.807. The number of furan rings is 1. The summed E-state index contributed by atoms with van der Waals surface area (Å²) in [5.41, 5.74) is 1.25. The maximum Gasteiger partial charge on any atom is 0.335 e. The van der Waals surface area contributed by atoms with E-state index in [4.69, 9.17) is 9.52 Å². The summed E-state index contributed by atoms with van der Waals surface area (Å²) in [6.07, 6.45) is 0.620. The largest absolute Gasteiger partial charge is 0.478 e. The van der Waals surface area contributed by atoms with Crippen molar-refractivity contribution in [1.29, 1.82) is 0 Å². The second-order valence-electron chi connectivity index (χ2n) is 3.69. The normalized spacial score (nSPS) is 10.3. The quantitative estimate of drug-likeness (QED) is 0.858. The molecule has 0 radical (unpaired) electrons. The van der Waals surface area contributed by atoms with E-state index in [1.54, 1.807) is 18.2 Å². The number of aryl methyl sites for hydroxylation is 1. The fourth-order valence-corrected chi connectivity index (χ4v) is 1.60. The van der Waals surface area contributed by atoms with E-state index in [0.29, 0.717) is 12.0 Å². The Hall–Kier alpha value is -2.03. The van der Waals surface area contributed by atoms with Crippen LogP contribution in [0.3, 0.4) is 0 Å². The fraction of sp³-hybridized carbons (Fsp3) is 0.154. The van der Waals surface area contributed by atoms with Crippen molar-refractivity contribution >= 4 is 5.97 Å². The highest BCUT2D eigenvalue weighted by Gasteiger charge is 2.05. The van der Waals surface area contributed by atoms with Crippen LogP contribution in [0.1, 0.15) is 27.4 Å². The van der Waals surface area contributed by atoms with Gasteiger partial charge in [-0.25, -0.2) is 4.79 Å². The highest BCUT2D eigenvalue weighted by Crippen LogP contribution is 2.14. The zero-order chi connectivity index (χ0) is 11.5. The predicted octanol–water partition coefficient (Wildman–Crippen LogP) is 2.88. The number of carboxylic acids is 1. The third-order valence-corrected chi connectivity index (χ3v) is 2.35. The van der Waals surface area contributed by atoms with Crippen LogP contribution < -0.4 is 0 Å². The molecule has 1 aromatic heterocycles. The molecule has 0 saturated carbocycles. The van der Waals surface area contributed by atoms with Gasteiger partial charge in [0.15, 0.2) is 0 Å². The third-order valence-electron chi connectivity index (χ3n) is 2.35. The van der Waals surface area contributed by atoms with Gasteiger partial charge in [0, 0.05) is 6.42 Å². The van der Waals surface area contributed by atoms with Crippen LogP contribution in [0.2, 0.25) is 0 Å². The van der Waals surface area contributed by atoms with Crippen molar-refractivity contribution < 1.29 is 14.3 Å². The van der Waals surface area contributed by atoms with E-state index >= 15 is 0 Å². The lowest BCUT2D eigenvalue weighted by atomic mass is 10.1. The summed E-state index contributed by atoms with van der Waals surface area (Å²) in [6.45, 7) is 1.89. The molecule has 0 unspecified atom stereocenters. The Kier molecular flexibility index (Phi) is 2.77. The molecule has 2 aromatic rings. The minimum absolute atomic E-state index is 0.306. The summed E-state index contributed by atoms with van der Waals surface area (Å²) in [5, 5.41) is 8.86. The van der Waals surface area contributed by atoms with Gasteiger partial charge in [-0.3, -0.25) is 0 Å². The van der Waals surface area contributed by atoms with Crippen molar-refractivity contribution in [2.75, 3.05) is 0 Å². The van der Waals surface area contributed by atoms with E-state index < -0.39 is 5.97 Å². The van der Waals surface area contributed by atoms with Crippen LogP contribution in [-0.2, 0) is 6.42 Å². The third kappa shape index (κ3) is 2.31. The van der Waals surface area contributed by atoms with Crippen molar-refractivity contribution in [3.8, 4) is 0 Å². The molecule has 0 atom stereocenters. The van der Waals surface area contributed by atoms with Gasteiger partial charge >= 0.3 is 5.97 Å². The van der Waals surface area contributed by atoms with Gasteiger partial charge in [-0.05, 0) is 36.8 Å². The van der Waals surface area contributed by atoms with E-state index in [1.807, 2.05) is 25.1 Å². The lowest BCUT2D eigenvalue weighted by Crippen LogP contribution is -1.97. The standard InChI is InChI=1S/C13H12O3/c1-9-5-6-12(16-9)8-10-3-2-4-11(7-10)13(14)15/h2-7H,8H2,1H3,(H,14,15). The minimum Gasteiger partial charge on any atom is -0.478 e. The maximum atomic E-state index is 10.8. The number of aromatic carboxylic acids is 1. The van der Waals surface area contributed by atoms with E-state index in [2.05, 4.69) is 0 Å². The highest BCUT2D eigenvalue weighted by molar-refractivity contribution is 5.87. The number of carbonyl (C=O) groups is 1. The van der Waals surface area contributed by atoms with Gasteiger partial charge in [0.1, 0.15) is 11.5 Å². The van der Waals surface area contributed by atoms with Crippen molar-refractivity contribution in [3.05, 3.63) is 59.0 Å². The van der Waals surface area contributed by atoms with E-state index in [0.717, 1.165) is 17.1 Å². The average molecular weight is 216 g/mol. The number of hydrogen-bond acceptors (Lipinski definition) is 2. The van der Waals surface area contributed by atoms with Crippen molar-refractivity contribution in [1.82, 2.24) is 0 Å². The lowest BCUT2D eigenvalue weighted by Gasteiger charge is -2.00. The Morgan fingerprint density at radius 1 is 1.31 bits per heavy atom. The van der Waals surface area contributed by atoms with Crippen LogP contribution in [0, 0.1) is 6.92 Å². The molecule has 0 amide bonds. The van der Waals surface area contributed by atoms with Crippen molar-refractivity contribution in [3.63, 3.8) is 0 Å². The smallest absolute Gasteiger partial charge is 0.335 e. The second kappa shape index (κ2) is 4.23. The second-order valence-corrected chi connectivity index (χ2v) is 3.69. The molecular formula is C13H12O3. The SMILES string of the molecule is Cc1ccc(Cc2cccc(C(=O)O)c2)o1. The molecule has 0 aliphatic heterocycles. The number of carboxylic acid groups (broad SMARTS) is 1. The minimum atomic E-state index is -0.905. The highest BCUT2D eigenvalue weighted by atomic mass is 16.4. The predicted molar refractivity (Wildman–Crippen MR) is 59.7 cm³/mol. The first kappa shape index (κ1) is 10.5. The summed E-state index contributed by atoms with van der Waals surface area (Å²) < 4.78 is 5.44. The molecule has 0 bridgehead atoms. The van der Waals surface area contributed by atoms with Gasteiger partial charge in [0.05, 0.1) is 5.56 Å². The molecular weight excluding hydrogens is 204 g/mol. The Balaban J connectivity index is 2.21. The van der Waals surface area contributed by atoms with Crippen LogP contribution in [-0.4, -0.2) is 11.1 Å². The zero-order valence-electron chi connectivity index (χ0n) is 8.93. The first-order chi connectivity index (χ1) is 7.65. The zero-order valence-corrected chi connectivity index (χ0v) is 8.93. The van der Waals surface area contributed by atoms with Gasteiger partial charge in [0.25, 0.3) is 0 Å². The number of hydrogen-bond donors (Lipinski definition) is 1. The van der Waals surface area contributed by atoms with Crippen LogP contribution in [0.5, 0.6) is 0 Å². The van der Waals surface area contributed by atoms with Crippen molar-refractivity contribution in [2.24, 2.45) is 0 Å². The monoisotopic (exact) mass is 216 g/mol. The van der Waals surface area contributed by atoms with Crippen molar-refractivity contribution in [2.45, 2.75) is 13.3 Å². The average Bonchev–Trinajstić information content (AvgIpc) is 2.64. The van der Waals surface area contributed by atoms with E-state index in [1.165, 1.54) is 0 Å². The molecule has 0 aliphatic rings. The van der Waals surface area contributed by atoms with Gasteiger partial charge in [-0.1, -0.05) is 12.1 Å². The van der Waals surface area contributed by atoms with Crippen LogP contribution >= 0.6 is 0 Å².